The summed E-state index contributed by atoms with van der Waals surface area (Å²) >= 11 is 1.88. The quantitative estimate of drug-likeness (QED) is 0.664. The molecule has 16 heavy (non-hydrogen) atoms. The van der Waals surface area contributed by atoms with Gasteiger partial charge in [0.25, 0.3) is 0 Å². The number of halogens is 2. The van der Waals surface area contributed by atoms with Gasteiger partial charge in [0.15, 0.2) is 0 Å². The Bertz CT molecular complexity index is 539. The van der Waals surface area contributed by atoms with Crippen molar-refractivity contribution in [1.29, 1.82) is 0 Å². The maximum absolute atomic E-state index is 12.5. The fourth-order valence-electron chi connectivity index (χ4n) is 1.24. The highest BCUT2D eigenvalue weighted by Crippen LogP contribution is 2.20. The molecule has 0 aromatic heterocycles. The Morgan fingerprint density at radius 1 is 1.50 bits per heavy atom. The topological polar surface area (TPSA) is 71.4 Å². The zero-order valence-electron chi connectivity index (χ0n) is 8.20. The van der Waals surface area contributed by atoms with E-state index in [9.17, 15) is 17.1 Å². The monoisotopic (exact) mass is 358 g/mol. The van der Waals surface area contributed by atoms with Gasteiger partial charge in [-0.2, -0.15) is 8.42 Å². The summed E-state index contributed by atoms with van der Waals surface area (Å²) in [6.07, 6.45) is 0. The molecule has 0 bridgehead atoms. The lowest BCUT2D eigenvalue weighted by atomic mass is 10.1. The zero-order chi connectivity index (χ0) is 12.5. The van der Waals surface area contributed by atoms with Crippen LogP contribution < -0.4 is 0 Å². The minimum absolute atomic E-state index is 0.00875. The van der Waals surface area contributed by atoms with E-state index >= 15 is 0 Å². The second-order valence-corrected chi connectivity index (χ2v) is 5.77. The average molecular weight is 358 g/mol. The Kier molecular flexibility index (Phi) is 3.89. The summed E-state index contributed by atoms with van der Waals surface area (Å²) < 4.78 is 34.0. The summed E-state index contributed by atoms with van der Waals surface area (Å²) in [5.41, 5.74) is 0.661. The molecule has 0 spiro atoms. The Morgan fingerprint density at radius 2 is 2.06 bits per heavy atom. The molecule has 0 radical (unpaired) electrons. The molecule has 88 valence electrons. The number of hydrogen-bond acceptors (Lipinski definition) is 3. The van der Waals surface area contributed by atoms with Gasteiger partial charge in [-0.25, -0.2) is 4.79 Å². The molecule has 0 saturated heterocycles. The molecule has 0 aliphatic carbocycles. The number of aromatic carboxylic acids is 1. The first-order valence-electron chi connectivity index (χ1n) is 4.15. The average Bonchev–Trinajstić information content (AvgIpc) is 2.07. The highest BCUT2D eigenvalue weighted by atomic mass is 127. The molecule has 1 aromatic rings. The first-order valence-corrected chi connectivity index (χ1v) is 6.78. The van der Waals surface area contributed by atoms with E-state index < -0.39 is 21.9 Å². The summed E-state index contributed by atoms with van der Waals surface area (Å²) in [6, 6.07) is 2.64. The summed E-state index contributed by atoms with van der Waals surface area (Å²) in [4.78, 5) is 10.8. The second-order valence-electron chi connectivity index (χ2n) is 3.24. The lowest BCUT2D eigenvalue weighted by molar-refractivity contribution is 0.0696. The summed E-state index contributed by atoms with van der Waals surface area (Å²) in [6.45, 7) is 1.61. The first kappa shape index (κ1) is 13.4. The Hall–Kier alpha value is -0.700. The maximum atomic E-state index is 12.5. The molecule has 0 heterocycles. The van der Waals surface area contributed by atoms with Gasteiger partial charge in [0.2, 0.25) is 0 Å². The number of carboxylic acids is 1. The molecule has 1 rings (SSSR count). The van der Waals surface area contributed by atoms with Crippen molar-refractivity contribution < 1.29 is 22.2 Å². The van der Waals surface area contributed by atoms with Gasteiger partial charge in [0.05, 0.1) is 5.56 Å². The van der Waals surface area contributed by atoms with Gasteiger partial charge < -0.3 is 5.11 Å². The molecule has 0 saturated carbocycles. The van der Waals surface area contributed by atoms with E-state index in [1.54, 1.807) is 6.92 Å². The largest absolute Gasteiger partial charge is 0.478 e. The smallest absolute Gasteiger partial charge is 0.335 e. The highest BCUT2D eigenvalue weighted by molar-refractivity contribution is 14.1. The molecular formula is C9H8FIO4S. The summed E-state index contributed by atoms with van der Waals surface area (Å²) in [5, 5.41) is 8.87. The molecule has 0 amide bonds. The number of carbonyl (C=O) groups is 1. The van der Waals surface area contributed by atoms with E-state index in [2.05, 4.69) is 0 Å². The van der Waals surface area contributed by atoms with E-state index in [0.29, 0.717) is 9.13 Å². The van der Waals surface area contributed by atoms with Crippen LogP contribution in [0.4, 0.5) is 3.89 Å². The molecule has 7 heteroatoms. The summed E-state index contributed by atoms with van der Waals surface area (Å²) in [7, 11) is -4.65. The predicted molar refractivity (Wildman–Crippen MR) is 64.6 cm³/mol. The Labute approximate surface area is 106 Å². The van der Waals surface area contributed by atoms with Gasteiger partial charge in [0.1, 0.15) is 5.75 Å². The fraction of sp³-hybridized carbons (Fsp3) is 0.222. The van der Waals surface area contributed by atoms with Crippen molar-refractivity contribution in [3.8, 4) is 0 Å². The van der Waals surface area contributed by atoms with Crippen LogP contribution in [0.5, 0.6) is 0 Å². The SMILES string of the molecule is Cc1c(I)cc(CS(=O)(=O)F)cc1C(=O)O. The van der Waals surface area contributed by atoms with Gasteiger partial charge in [-0.05, 0) is 52.8 Å². The van der Waals surface area contributed by atoms with Crippen molar-refractivity contribution in [2.45, 2.75) is 12.7 Å². The van der Waals surface area contributed by atoms with Gasteiger partial charge in [-0.1, -0.05) is 0 Å². The van der Waals surface area contributed by atoms with E-state index in [1.165, 1.54) is 12.1 Å². The van der Waals surface area contributed by atoms with Crippen LogP contribution in [0.1, 0.15) is 21.5 Å². The molecule has 0 atom stereocenters. The van der Waals surface area contributed by atoms with E-state index in [0.717, 1.165) is 0 Å². The summed E-state index contributed by atoms with van der Waals surface area (Å²) in [5.74, 6) is -1.96. The van der Waals surface area contributed by atoms with Crippen molar-refractivity contribution in [2.24, 2.45) is 0 Å². The van der Waals surface area contributed by atoms with Crippen LogP contribution in [-0.2, 0) is 16.0 Å². The van der Waals surface area contributed by atoms with Gasteiger partial charge >= 0.3 is 16.2 Å². The van der Waals surface area contributed by atoms with Gasteiger partial charge in [-0.15, -0.1) is 3.89 Å². The molecule has 1 aromatic carbocycles. The molecule has 0 unspecified atom stereocenters. The number of carboxylic acid groups (broad SMARTS) is 1. The van der Waals surface area contributed by atoms with Crippen molar-refractivity contribution in [1.82, 2.24) is 0 Å². The third kappa shape index (κ3) is 3.41. The second kappa shape index (κ2) is 4.66. The van der Waals surface area contributed by atoms with Crippen LogP contribution in [0.2, 0.25) is 0 Å². The first-order chi connectivity index (χ1) is 7.20. The fourth-order valence-corrected chi connectivity index (χ4v) is 2.49. The van der Waals surface area contributed by atoms with E-state index in [4.69, 9.17) is 5.11 Å². The number of rotatable bonds is 3. The Morgan fingerprint density at radius 3 is 2.50 bits per heavy atom. The van der Waals surface area contributed by atoms with E-state index in [1.807, 2.05) is 22.6 Å². The minimum Gasteiger partial charge on any atom is -0.478 e. The lowest BCUT2D eigenvalue weighted by Gasteiger charge is -2.06. The maximum Gasteiger partial charge on any atom is 0.335 e. The van der Waals surface area contributed by atoms with Crippen LogP contribution in [0.3, 0.4) is 0 Å². The van der Waals surface area contributed by atoms with Crippen LogP contribution in [0.25, 0.3) is 0 Å². The molecule has 4 nitrogen and oxygen atoms in total. The lowest BCUT2D eigenvalue weighted by Crippen LogP contribution is -2.05. The Balaban J connectivity index is 3.30. The highest BCUT2D eigenvalue weighted by Gasteiger charge is 2.15. The third-order valence-corrected chi connectivity index (χ3v) is 3.77. The minimum atomic E-state index is -4.65. The van der Waals surface area contributed by atoms with Crippen molar-refractivity contribution in [3.63, 3.8) is 0 Å². The van der Waals surface area contributed by atoms with Crippen LogP contribution in [0.15, 0.2) is 12.1 Å². The van der Waals surface area contributed by atoms with E-state index in [-0.39, 0.29) is 11.1 Å². The normalized spacial score (nSPS) is 11.4. The van der Waals surface area contributed by atoms with Gasteiger partial charge in [0, 0.05) is 3.57 Å². The van der Waals surface area contributed by atoms with Crippen LogP contribution in [0, 0.1) is 10.5 Å². The zero-order valence-corrected chi connectivity index (χ0v) is 11.2. The number of benzene rings is 1. The molecule has 0 aliphatic heterocycles. The van der Waals surface area contributed by atoms with Gasteiger partial charge in [-0.3, -0.25) is 0 Å². The van der Waals surface area contributed by atoms with Crippen LogP contribution >= 0.6 is 22.6 Å². The standard InChI is InChI=1S/C9H8FIO4S/c1-5-7(9(12)13)2-6(3-8(5)11)4-16(10,14)15/h2-3H,4H2,1H3,(H,12,13). The molecule has 0 fully saturated rings. The van der Waals surface area contributed by atoms with Crippen LogP contribution in [-0.4, -0.2) is 19.5 Å². The molecular weight excluding hydrogens is 350 g/mol. The van der Waals surface area contributed by atoms with Crippen molar-refractivity contribution >= 4 is 38.8 Å². The number of hydrogen-bond donors (Lipinski definition) is 1. The third-order valence-electron chi connectivity index (χ3n) is 1.97. The molecule has 1 N–H and O–H groups in total. The van der Waals surface area contributed by atoms with Crippen molar-refractivity contribution in [3.05, 3.63) is 32.4 Å². The molecule has 0 aliphatic rings. The predicted octanol–water partition coefficient (Wildman–Crippen LogP) is 2.10. The van der Waals surface area contributed by atoms with Crippen molar-refractivity contribution in [2.75, 3.05) is 0 Å².